The van der Waals surface area contributed by atoms with Crippen molar-refractivity contribution in [1.82, 2.24) is 9.88 Å². The number of likely N-dealkylation sites (N-methyl/N-ethyl adjacent to an activating group) is 1. The van der Waals surface area contributed by atoms with E-state index in [0.717, 1.165) is 38.0 Å². The van der Waals surface area contributed by atoms with Crippen LogP contribution in [0.25, 0.3) is 0 Å². The number of aromatic nitrogens is 1. The summed E-state index contributed by atoms with van der Waals surface area (Å²) in [6.45, 7) is 4.64. The van der Waals surface area contributed by atoms with Crippen LogP contribution in [0.15, 0.2) is 18.3 Å². The summed E-state index contributed by atoms with van der Waals surface area (Å²) in [4.78, 5) is 9.02. The Balaban J connectivity index is 1.55. The van der Waals surface area contributed by atoms with E-state index < -0.39 is 0 Å². The van der Waals surface area contributed by atoms with Crippen LogP contribution in [0.2, 0.25) is 0 Å². The van der Waals surface area contributed by atoms with Gasteiger partial charge in [0, 0.05) is 32.4 Å². The number of nitriles is 1. The molecule has 0 bridgehead atoms. The van der Waals surface area contributed by atoms with E-state index in [9.17, 15) is 0 Å². The van der Waals surface area contributed by atoms with Gasteiger partial charge in [-0.05, 0) is 37.9 Å². The molecule has 1 saturated heterocycles. The molecule has 0 aromatic carbocycles. The van der Waals surface area contributed by atoms with Crippen molar-refractivity contribution >= 4 is 5.82 Å². The summed E-state index contributed by atoms with van der Waals surface area (Å²) >= 11 is 0. The van der Waals surface area contributed by atoms with Crippen LogP contribution in [0.5, 0.6) is 0 Å². The summed E-state index contributed by atoms with van der Waals surface area (Å²) in [6, 6.07) is 5.85. The Bertz CT molecular complexity index is 506. The van der Waals surface area contributed by atoms with Crippen LogP contribution >= 0.6 is 0 Å². The van der Waals surface area contributed by atoms with Crippen LogP contribution in [0.1, 0.15) is 18.4 Å². The lowest BCUT2D eigenvalue weighted by Crippen LogP contribution is -2.47. The van der Waals surface area contributed by atoms with Crippen molar-refractivity contribution in [3.8, 4) is 6.07 Å². The minimum atomic E-state index is 0.236. The number of ether oxygens (including phenoxy) is 1. The molecule has 1 atom stereocenters. The summed E-state index contributed by atoms with van der Waals surface area (Å²) in [7, 11) is 2.18. The van der Waals surface area contributed by atoms with Gasteiger partial charge in [-0.25, -0.2) is 4.98 Å². The molecule has 2 aliphatic rings. The Morgan fingerprint density at radius 2 is 2.29 bits per heavy atom. The average Bonchev–Trinajstić information content (AvgIpc) is 3.31. The van der Waals surface area contributed by atoms with E-state index >= 15 is 0 Å². The highest BCUT2D eigenvalue weighted by atomic mass is 16.5. The summed E-state index contributed by atoms with van der Waals surface area (Å²) in [5, 5.41) is 8.83. The first-order valence-electron chi connectivity index (χ1n) is 7.66. The molecular weight excluding hydrogens is 264 g/mol. The maximum Gasteiger partial charge on any atom is 0.128 e. The first-order valence-corrected chi connectivity index (χ1v) is 7.66. The second kappa shape index (κ2) is 6.42. The Morgan fingerprint density at radius 3 is 2.95 bits per heavy atom. The highest BCUT2D eigenvalue weighted by Crippen LogP contribution is 2.29. The van der Waals surface area contributed by atoms with Crippen LogP contribution in [0, 0.1) is 17.2 Å². The van der Waals surface area contributed by atoms with Crippen molar-refractivity contribution in [3.05, 3.63) is 23.9 Å². The van der Waals surface area contributed by atoms with E-state index in [-0.39, 0.29) is 6.10 Å². The fourth-order valence-electron chi connectivity index (χ4n) is 2.84. The molecule has 1 aromatic heterocycles. The van der Waals surface area contributed by atoms with E-state index in [1.165, 1.54) is 19.4 Å². The molecule has 0 amide bonds. The van der Waals surface area contributed by atoms with Crippen LogP contribution in [0.3, 0.4) is 0 Å². The van der Waals surface area contributed by atoms with Crippen molar-refractivity contribution in [2.24, 2.45) is 5.92 Å². The molecule has 5 heteroatoms. The molecule has 0 unspecified atom stereocenters. The van der Waals surface area contributed by atoms with Gasteiger partial charge in [0.1, 0.15) is 11.9 Å². The summed E-state index contributed by atoms with van der Waals surface area (Å²) < 4.78 is 5.88. The Kier molecular flexibility index (Phi) is 4.37. The average molecular weight is 286 g/mol. The molecule has 5 nitrogen and oxygen atoms in total. The van der Waals surface area contributed by atoms with Crippen molar-refractivity contribution in [2.45, 2.75) is 18.9 Å². The first kappa shape index (κ1) is 14.3. The van der Waals surface area contributed by atoms with Gasteiger partial charge in [0.2, 0.25) is 0 Å². The molecule has 1 saturated carbocycles. The van der Waals surface area contributed by atoms with E-state index in [0.29, 0.717) is 5.56 Å². The topological polar surface area (TPSA) is 52.4 Å². The number of morpholine rings is 1. The number of nitrogens with zero attached hydrogens (tertiary/aromatic N) is 4. The highest BCUT2D eigenvalue weighted by molar-refractivity contribution is 5.42. The number of rotatable bonds is 5. The van der Waals surface area contributed by atoms with Crippen LogP contribution in [0.4, 0.5) is 5.82 Å². The largest absolute Gasteiger partial charge is 0.373 e. The summed E-state index contributed by atoms with van der Waals surface area (Å²) in [5.41, 5.74) is 0.604. The van der Waals surface area contributed by atoms with Gasteiger partial charge in [-0.2, -0.15) is 5.26 Å². The lowest BCUT2D eigenvalue weighted by molar-refractivity contribution is 0.0197. The molecule has 0 spiro atoms. The monoisotopic (exact) mass is 286 g/mol. The molecule has 3 rings (SSSR count). The fourth-order valence-corrected chi connectivity index (χ4v) is 2.84. The number of hydrogen-bond donors (Lipinski definition) is 0. The Morgan fingerprint density at radius 1 is 1.43 bits per heavy atom. The molecule has 0 radical (unpaired) electrons. The van der Waals surface area contributed by atoms with Gasteiger partial charge < -0.3 is 14.5 Å². The third-order valence-electron chi connectivity index (χ3n) is 4.12. The fraction of sp³-hybridized carbons (Fsp3) is 0.625. The molecule has 112 valence electrons. The normalized spacial score (nSPS) is 22.3. The maximum absolute atomic E-state index is 8.83. The molecule has 2 fully saturated rings. The van der Waals surface area contributed by atoms with Gasteiger partial charge in [-0.3, -0.25) is 0 Å². The first-order chi connectivity index (χ1) is 10.2. The van der Waals surface area contributed by atoms with Crippen LogP contribution in [-0.4, -0.2) is 55.8 Å². The van der Waals surface area contributed by atoms with Gasteiger partial charge >= 0.3 is 0 Å². The molecule has 2 heterocycles. The minimum Gasteiger partial charge on any atom is -0.373 e. The zero-order valence-corrected chi connectivity index (χ0v) is 12.5. The third-order valence-corrected chi connectivity index (χ3v) is 4.12. The highest BCUT2D eigenvalue weighted by Gasteiger charge is 2.26. The molecule has 0 N–H and O–H groups in total. The second-order valence-corrected chi connectivity index (χ2v) is 6.12. The molecule has 1 aromatic rings. The predicted molar refractivity (Wildman–Crippen MR) is 81.1 cm³/mol. The van der Waals surface area contributed by atoms with Gasteiger partial charge in [0.15, 0.2) is 0 Å². The van der Waals surface area contributed by atoms with Gasteiger partial charge in [-0.1, -0.05) is 0 Å². The minimum absolute atomic E-state index is 0.236. The maximum atomic E-state index is 8.83. The van der Waals surface area contributed by atoms with E-state index in [2.05, 4.69) is 27.9 Å². The quantitative estimate of drug-likeness (QED) is 0.821. The Hall–Kier alpha value is -1.64. The molecule has 1 aliphatic carbocycles. The van der Waals surface area contributed by atoms with Crippen molar-refractivity contribution in [3.63, 3.8) is 0 Å². The standard InChI is InChI=1S/C16H22N4O/c1-19(10-13-2-3-13)11-15-12-20(6-7-21-15)16-5-4-14(8-17)9-18-16/h4-5,9,13,15H,2-3,6-7,10-12H2,1H3/t15-/m0/s1. The van der Waals surface area contributed by atoms with Crippen LogP contribution < -0.4 is 4.90 Å². The molecule has 1 aliphatic heterocycles. The van der Waals surface area contributed by atoms with Gasteiger partial charge in [0.25, 0.3) is 0 Å². The van der Waals surface area contributed by atoms with Crippen LogP contribution in [-0.2, 0) is 4.74 Å². The van der Waals surface area contributed by atoms with E-state index in [4.69, 9.17) is 10.00 Å². The lowest BCUT2D eigenvalue weighted by atomic mass is 10.2. The van der Waals surface area contributed by atoms with Crippen molar-refractivity contribution in [1.29, 1.82) is 5.26 Å². The number of anilines is 1. The summed E-state index contributed by atoms with van der Waals surface area (Å²) in [5.74, 6) is 1.85. The number of pyridine rings is 1. The third kappa shape index (κ3) is 3.93. The van der Waals surface area contributed by atoms with E-state index in [1.807, 2.05) is 12.1 Å². The second-order valence-electron chi connectivity index (χ2n) is 6.12. The van der Waals surface area contributed by atoms with Crippen molar-refractivity contribution in [2.75, 3.05) is 44.7 Å². The smallest absolute Gasteiger partial charge is 0.128 e. The van der Waals surface area contributed by atoms with Crippen molar-refractivity contribution < 1.29 is 4.74 Å². The zero-order chi connectivity index (χ0) is 14.7. The van der Waals surface area contributed by atoms with Gasteiger partial charge in [0.05, 0.1) is 18.3 Å². The van der Waals surface area contributed by atoms with E-state index in [1.54, 1.807) is 6.20 Å². The SMILES string of the molecule is CN(CC1CC1)C[C@H]1CN(c2ccc(C#N)cn2)CCO1. The molecule has 21 heavy (non-hydrogen) atoms. The lowest BCUT2D eigenvalue weighted by Gasteiger charge is -2.35. The molecular formula is C16H22N4O. The Labute approximate surface area is 126 Å². The number of hydrogen-bond acceptors (Lipinski definition) is 5. The summed E-state index contributed by atoms with van der Waals surface area (Å²) in [6.07, 6.45) is 4.65. The predicted octanol–water partition coefficient (Wildman–Crippen LogP) is 1.50. The van der Waals surface area contributed by atoms with Gasteiger partial charge in [-0.15, -0.1) is 0 Å². The zero-order valence-electron chi connectivity index (χ0n) is 12.5.